The van der Waals surface area contributed by atoms with Crippen molar-refractivity contribution in [1.82, 2.24) is 4.98 Å². The van der Waals surface area contributed by atoms with E-state index < -0.39 is 0 Å². The number of rotatable bonds is 4. The van der Waals surface area contributed by atoms with E-state index >= 15 is 0 Å². The zero-order valence-corrected chi connectivity index (χ0v) is 10.6. The molecular weight excluding hydrogens is 234 g/mol. The van der Waals surface area contributed by atoms with Gasteiger partial charge in [0, 0.05) is 22.3 Å². The lowest BCUT2D eigenvalue weighted by Gasteiger charge is -2.03. The molecular formula is C13H15NO2S. The lowest BCUT2D eigenvalue weighted by atomic mass is 10.1. The van der Waals surface area contributed by atoms with Gasteiger partial charge in [0.25, 0.3) is 0 Å². The van der Waals surface area contributed by atoms with Crippen LogP contribution in [0.3, 0.4) is 0 Å². The largest absolute Gasteiger partial charge is 0.466 e. The number of H-pyrrole nitrogens is 1. The van der Waals surface area contributed by atoms with E-state index in [0.29, 0.717) is 18.8 Å². The third-order valence-electron chi connectivity index (χ3n) is 2.69. The van der Waals surface area contributed by atoms with Crippen LogP contribution in [0.15, 0.2) is 24.3 Å². The van der Waals surface area contributed by atoms with E-state index in [2.05, 4.69) is 17.6 Å². The van der Waals surface area contributed by atoms with Crippen LogP contribution in [-0.2, 0) is 21.7 Å². The number of nitrogens with one attached hydrogen (secondary N) is 1. The lowest BCUT2D eigenvalue weighted by Crippen LogP contribution is -2.08. The van der Waals surface area contributed by atoms with E-state index in [1.165, 1.54) is 0 Å². The summed E-state index contributed by atoms with van der Waals surface area (Å²) in [7, 11) is 0. The summed E-state index contributed by atoms with van der Waals surface area (Å²) in [4.78, 5) is 14.8. The van der Waals surface area contributed by atoms with Crippen molar-refractivity contribution in [2.24, 2.45) is 0 Å². The topological polar surface area (TPSA) is 42.1 Å². The molecule has 1 aromatic carbocycles. The van der Waals surface area contributed by atoms with Crippen molar-refractivity contribution in [3.63, 3.8) is 0 Å². The molecule has 2 aromatic rings. The van der Waals surface area contributed by atoms with Crippen molar-refractivity contribution in [2.75, 3.05) is 6.61 Å². The van der Waals surface area contributed by atoms with E-state index in [1.807, 2.05) is 31.2 Å². The Kier molecular flexibility index (Phi) is 3.74. The number of aromatic amines is 1. The van der Waals surface area contributed by atoms with Gasteiger partial charge in [0.1, 0.15) is 0 Å². The van der Waals surface area contributed by atoms with Crippen molar-refractivity contribution in [3.05, 3.63) is 35.5 Å². The number of esters is 1. The maximum atomic E-state index is 11.6. The highest BCUT2D eigenvalue weighted by Crippen LogP contribution is 2.24. The summed E-state index contributed by atoms with van der Waals surface area (Å²) in [6.07, 6.45) is 0.299. The van der Waals surface area contributed by atoms with Crippen LogP contribution < -0.4 is 0 Å². The van der Waals surface area contributed by atoms with Crippen LogP contribution in [0, 0.1) is 0 Å². The van der Waals surface area contributed by atoms with Gasteiger partial charge in [0.2, 0.25) is 0 Å². The highest BCUT2D eigenvalue weighted by atomic mass is 32.1. The number of para-hydroxylation sites is 1. The van der Waals surface area contributed by atoms with E-state index in [0.717, 1.165) is 22.2 Å². The highest BCUT2D eigenvalue weighted by Gasteiger charge is 2.14. The number of hydrogen-bond donors (Lipinski definition) is 2. The SMILES string of the molecule is CCOC(=O)Cc1c(CS)[nH]c2ccccc12. The number of benzene rings is 1. The minimum atomic E-state index is -0.194. The maximum Gasteiger partial charge on any atom is 0.310 e. The molecule has 4 heteroatoms. The van der Waals surface area contributed by atoms with Crippen LogP contribution in [0.25, 0.3) is 10.9 Å². The van der Waals surface area contributed by atoms with Gasteiger partial charge in [-0.1, -0.05) is 18.2 Å². The van der Waals surface area contributed by atoms with E-state index in [9.17, 15) is 4.79 Å². The van der Waals surface area contributed by atoms with Crippen molar-refractivity contribution < 1.29 is 9.53 Å². The van der Waals surface area contributed by atoms with Gasteiger partial charge in [-0.25, -0.2) is 0 Å². The second kappa shape index (κ2) is 5.27. The first-order valence-electron chi connectivity index (χ1n) is 5.61. The summed E-state index contributed by atoms with van der Waals surface area (Å²) in [6.45, 7) is 2.23. The fourth-order valence-corrected chi connectivity index (χ4v) is 2.22. The van der Waals surface area contributed by atoms with Gasteiger partial charge in [0.15, 0.2) is 0 Å². The Balaban J connectivity index is 2.39. The minimum absolute atomic E-state index is 0.194. The number of hydrogen-bond acceptors (Lipinski definition) is 3. The van der Waals surface area contributed by atoms with E-state index in [1.54, 1.807) is 0 Å². The van der Waals surface area contributed by atoms with Crippen LogP contribution in [0.5, 0.6) is 0 Å². The first-order valence-corrected chi connectivity index (χ1v) is 6.24. The average Bonchev–Trinajstić information content (AvgIpc) is 2.68. The van der Waals surface area contributed by atoms with Gasteiger partial charge in [-0.2, -0.15) is 12.6 Å². The van der Waals surface area contributed by atoms with Crippen LogP contribution in [0.4, 0.5) is 0 Å². The summed E-state index contributed by atoms with van der Waals surface area (Å²) >= 11 is 4.28. The number of aromatic nitrogens is 1. The number of ether oxygens (including phenoxy) is 1. The molecule has 0 radical (unpaired) electrons. The molecule has 1 N–H and O–H groups in total. The van der Waals surface area contributed by atoms with E-state index in [-0.39, 0.29) is 5.97 Å². The van der Waals surface area contributed by atoms with Crippen LogP contribution in [0.2, 0.25) is 0 Å². The Morgan fingerprint density at radius 3 is 2.88 bits per heavy atom. The number of thiol groups is 1. The summed E-state index contributed by atoms with van der Waals surface area (Å²) < 4.78 is 4.99. The molecule has 0 atom stereocenters. The predicted molar refractivity (Wildman–Crippen MR) is 71.3 cm³/mol. The zero-order chi connectivity index (χ0) is 12.3. The summed E-state index contributed by atoms with van der Waals surface area (Å²) in [5, 5.41) is 1.07. The van der Waals surface area contributed by atoms with Gasteiger partial charge < -0.3 is 9.72 Å². The molecule has 17 heavy (non-hydrogen) atoms. The molecule has 1 aromatic heterocycles. The Morgan fingerprint density at radius 1 is 1.41 bits per heavy atom. The second-order valence-electron chi connectivity index (χ2n) is 3.77. The van der Waals surface area contributed by atoms with Crippen molar-refractivity contribution >= 4 is 29.5 Å². The van der Waals surface area contributed by atoms with Crippen LogP contribution >= 0.6 is 12.6 Å². The molecule has 0 aliphatic carbocycles. The normalized spacial score (nSPS) is 10.7. The second-order valence-corrected chi connectivity index (χ2v) is 4.08. The Morgan fingerprint density at radius 2 is 2.18 bits per heavy atom. The molecule has 3 nitrogen and oxygen atoms in total. The Bertz CT molecular complexity index is 533. The molecule has 0 aliphatic rings. The first-order chi connectivity index (χ1) is 8.26. The Hall–Kier alpha value is -1.42. The summed E-state index contributed by atoms with van der Waals surface area (Å²) in [5.74, 6) is 0.393. The zero-order valence-electron chi connectivity index (χ0n) is 9.69. The molecule has 0 saturated heterocycles. The summed E-state index contributed by atoms with van der Waals surface area (Å²) in [6, 6.07) is 7.94. The minimum Gasteiger partial charge on any atom is -0.466 e. The third-order valence-corrected chi connectivity index (χ3v) is 3.00. The molecule has 1 heterocycles. The molecule has 0 aliphatic heterocycles. The molecule has 0 spiro atoms. The number of fused-ring (bicyclic) bond motifs is 1. The molecule has 0 bridgehead atoms. The monoisotopic (exact) mass is 249 g/mol. The Labute approximate surface area is 106 Å². The van der Waals surface area contributed by atoms with Gasteiger partial charge >= 0.3 is 5.97 Å². The maximum absolute atomic E-state index is 11.6. The predicted octanol–water partition coefficient (Wildman–Crippen LogP) is 2.70. The molecule has 0 fully saturated rings. The standard InChI is InChI=1S/C13H15NO2S/c1-2-16-13(15)7-10-9-5-3-4-6-11(9)14-12(10)8-17/h3-6,14,17H,2,7-8H2,1H3. The quantitative estimate of drug-likeness (QED) is 0.646. The van der Waals surface area contributed by atoms with Gasteiger partial charge in [-0.3, -0.25) is 4.79 Å². The van der Waals surface area contributed by atoms with Crippen molar-refractivity contribution in [1.29, 1.82) is 0 Å². The van der Waals surface area contributed by atoms with Crippen molar-refractivity contribution in [3.8, 4) is 0 Å². The molecule has 90 valence electrons. The summed E-state index contributed by atoms with van der Waals surface area (Å²) in [5.41, 5.74) is 3.02. The van der Waals surface area contributed by atoms with Gasteiger partial charge in [-0.15, -0.1) is 0 Å². The smallest absolute Gasteiger partial charge is 0.310 e. The van der Waals surface area contributed by atoms with E-state index in [4.69, 9.17) is 4.74 Å². The lowest BCUT2D eigenvalue weighted by molar-refractivity contribution is -0.142. The average molecular weight is 249 g/mol. The van der Waals surface area contributed by atoms with Crippen LogP contribution in [0.1, 0.15) is 18.2 Å². The van der Waals surface area contributed by atoms with Crippen LogP contribution in [-0.4, -0.2) is 17.6 Å². The fourth-order valence-electron chi connectivity index (χ4n) is 1.95. The molecule has 0 saturated carbocycles. The molecule has 2 rings (SSSR count). The molecule has 0 amide bonds. The third kappa shape index (κ3) is 2.47. The van der Waals surface area contributed by atoms with Crippen molar-refractivity contribution in [2.45, 2.75) is 19.1 Å². The first kappa shape index (κ1) is 12.0. The molecule has 0 unspecified atom stereocenters. The fraction of sp³-hybridized carbons (Fsp3) is 0.308. The van der Waals surface area contributed by atoms with Gasteiger partial charge in [-0.05, 0) is 18.6 Å². The number of carbonyl (C=O) groups excluding carboxylic acids is 1. The van der Waals surface area contributed by atoms with Gasteiger partial charge in [0.05, 0.1) is 13.0 Å². The number of carbonyl (C=O) groups is 1. The highest BCUT2D eigenvalue weighted by molar-refractivity contribution is 7.79.